The zero-order chi connectivity index (χ0) is 11.8. The lowest BCUT2D eigenvalue weighted by atomic mass is 10.1. The quantitative estimate of drug-likeness (QED) is 0.651. The summed E-state index contributed by atoms with van der Waals surface area (Å²) >= 11 is 1.79. The van der Waals surface area contributed by atoms with E-state index in [4.69, 9.17) is 0 Å². The van der Waals surface area contributed by atoms with Crippen LogP contribution < -0.4 is 5.32 Å². The van der Waals surface area contributed by atoms with Gasteiger partial charge < -0.3 is 5.32 Å². The first-order valence-electron chi connectivity index (χ1n) is 5.79. The van der Waals surface area contributed by atoms with E-state index >= 15 is 0 Å². The first-order chi connectivity index (χ1) is 6.93. The molecule has 2 nitrogen and oxygen atoms in total. The van der Waals surface area contributed by atoms with Crippen LogP contribution in [0.15, 0.2) is 0 Å². The Kier molecular flexibility index (Phi) is 8.16. The molecule has 0 radical (unpaired) electrons. The third kappa shape index (κ3) is 8.94. The standard InChI is InChI=1S/C12H25NOS/c1-9(2)8-12(11(5)14)15-7-6-13-10(3)4/h9-10,12-13H,6-8H2,1-5H3/t12-/m1/s1. The van der Waals surface area contributed by atoms with E-state index < -0.39 is 0 Å². The molecule has 0 bridgehead atoms. The zero-order valence-corrected chi connectivity index (χ0v) is 11.5. The van der Waals surface area contributed by atoms with Gasteiger partial charge >= 0.3 is 0 Å². The number of Topliss-reactive ketones (excluding diaryl/α,β-unsaturated/α-hetero) is 1. The van der Waals surface area contributed by atoms with Crippen molar-refractivity contribution in [2.75, 3.05) is 12.3 Å². The van der Waals surface area contributed by atoms with Gasteiger partial charge in [0.2, 0.25) is 0 Å². The molecule has 90 valence electrons. The van der Waals surface area contributed by atoms with Crippen LogP contribution in [0.1, 0.15) is 41.0 Å². The third-order valence-corrected chi connectivity index (χ3v) is 3.48. The van der Waals surface area contributed by atoms with Gasteiger partial charge in [-0.15, -0.1) is 11.8 Å². The van der Waals surface area contributed by atoms with Crippen molar-refractivity contribution in [3.63, 3.8) is 0 Å². The molecular weight excluding hydrogens is 206 g/mol. The summed E-state index contributed by atoms with van der Waals surface area (Å²) < 4.78 is 0. The van der Waals surface area contributed by atoms with Crippen LogP contribution in [0.2, 0.25) is 0 Å². The highest BCUT2D eigenvalue weighted by Crippen LogP contribution is 2.19. The van der Waals surface area contributed by atoms with Crippen molar-refractivity contribution >= 4 is 17.5 Å². The number of carbonyl (C=O) groups is 1. The number of hydrogen-bond acceptors (Lipinski definition) is 3. The van der Waals surface area contributed by atoms with E-state index in [2.05, 4.69) is 33.0 Å². The number of carbonyl (C=O) groups excluding carboxylic acids is 1. The molecular formula is C12H25NOS. The molecule has 0 saturated heterocycles. The Morgan fingerprint density at radius 3 is 2.27 bits per heavy atom. The highest BCUT2D eigenvalue weighted by Gasteiger charge is 2.15. The van der Waals surface area contributed by atoms with Crippen LogP contribution in [-0.4, -0.2) is 29.4 Å². The summed E-state index contributed by atoms with van der Waals surface area (Å²) in [5, 5.41) is 3.55. The first-order valence-corrected chi connectivity index (χ1v) is 6.83. The van der Waals surface area contributed by atoms with Crippen LogP contribution in [0.4, 0.5) is 0 Å². The fourth-order valence-electron chi connectivity index (χ4n) is 1.33. The first kappa shape index (κ1) is 15.0. The number of rotatable bonds is 8. The molecule has 0 aromatic rings. The highest BCUT2D eigenvalue weighted by atomic mass is 32.2. The Morgan fingerprint density at radius 2 is 1.87 bits per heavy atom. The molecule has 0 aromatic carbocycles. The minimum atomic E-state index is 0.193. The Morgan fingerprint density at radius 1 is 1.27 bits per heavy atom. The predicted molar refractivity (Wildman–Crippen MR) is 69.5 cm³/mol. The van der Waals surface area contributed by atoms with Gasteiger partial charge in [-0.3, -0.25) is 4.79 Å². The lowest BCUT2D eigenvalue weighted by Crippen LogP contribution is -2.26. The molecule has 15 heavy (non-hydrogen) atoms. The van der Waals surface area contributed by atoms with E-state index in [0.29, 0.717) is 17.7 Å². The van der Waals surface area contributed by atoms with E-state index in [1.54, 1.807) is 18.7 Å². The van der Waals surface area contributed by atoms with Crippen LogP contribution in [0.5, 0.6) is 0 Å². The topological polar surface area (TPSA) is 29.1 Å². The van der Waals surface area contributed by atoms with Gasteiger partial charge in [0.15, 0.2) is 0 Å². The van der Waals surface area contributed by atoms with E-state index in [1.807, 2.05) is 0 Å². The SMILES string of the molecule is CC(=O)[C@@H](CC(C)C)SCCNC(C)C. The fraction of sp³-hybridized carbons (Fsp3) is 0.917. The molecule has 0 aromatic heterocycles. The second-order valence-electron chi connectivity index (χ2n) is 4.71. The number of ketones is 1. The van der Waals surface area contributed by atoms with Crippen molar-refractivity contribution in [3.8, 4) is 0 Å². The van der Waals surface area contributed by atoms with Crippen LogP contribution in [0.25, 0.3) is 0 Å². The lowest BCUT2D eigenvalue weighted by molar-refractivity contribution is -0.116. The van der Waals surface area contributed by atoms with Gasteiger partial charge in [0.1, 0.15) is 5.78 Å². The molecule has 0 aliphatic rings. The summed E-state index contributed by atoms with van der Waals surface area (Å²) in [6, 6.07) is 0.534. The molecule has 1 N–H and O–H groups in total. The molecule has 0 unspecified atom stereocenters. The maximum Gasteiger partial charge on any atom is 0.142 e. The number of hydrogen-bond donors (Lipinski definition) is 1. The second-order valence-corrected chi connectivity index (χ2v) is 6.02. The van der Waals surface area contributed by atoms with E-state index in [9.17, 15) is 4.79 Å². The smallest absolute Gasteiger partial charge is 0.142 e. The lowest BCUT2D eigenvalue weighted by Gasteiger charge is -2.16. The number of thioether (sulfide) groups is 1. The van der Waals surface area contributed by atoms with E-state index in [1.165, 1.54) is 0 Å². The van der Waals surface area contributed by atoms with Crippen molar-refractivity contribution in [1.82, 2.24) is 5.32 Å². The van der Waals surface area contributed by atoms with Gasteiger partial charge in [-0.1, -0.05) is 27.7 Å². The Hall–Kier alpha value is -0.0200. The maximum atomic E-state index is 11.4. The molecule has 0 aliphatic heterocycles. The van der Waals surface area contributed by atoms with Crippen molar-refractivity contribution < 1.29 is 4.79 Å². The van der Waals surface area contributed by atoms with E-state index in [-0.39, 0.29) is 5.25 Å². The molecule has 0 fully saturated rings. The van der Waals surface area contributed by atoms with Gasteiger partial charge in [0.05, 0.1) is 5.25 Å². The molecule has 1 atom stereocenters. The highest BCUT2D eigenvalue weighted by molar-refractivity contribution is 8.00. The Labute approximate surface area is 98.6 Å². The predicted octanol–water partition coefficient (Wildman–Crippen LogP) is 2.72. The van der Waals surface area contributed by atoms with Gasteiger partial charge in [0, 0.05) is 18.3 Å². The van der Waals surface area contributed by atoms with Crippen LogP contribution in [0.3, 0.4) is 0 Å². The molecule has 0 saturated carbocycles. The summed E-state index contributed by atoms with van der Waals surface area (Å²) in [5.74, 6) is 1.94. The molecule has 0 spiro atoms. The Bertz CT molecular complexity index is 180. The molecule has 0 aliphatic carbocycles. The average Bonchev–Trinajstić information content (AvgIpc) is 2.08. The summed E-state index contributed by atoms with van der Waals surface area (Å²) in [6.07, 6.45) is 1.00. The van der Waals surface area contributed by atoms with Crippen molar-refractivity contribution in [1.29, 1.82) is 0 Å². The van der Waals surface area contributed by atoms with Crippen LogP contribution >= 0.6 is 11.8 Å². The number of nitrogens with one attached hydrogen (secondary N) is 1. The van der Waals surface area contributed by atoms with E-state index in [0.717, 1.165) is 18.7 Å². The molecule has 0 amide bonds. The van der Waals surface area contributed by atoms with Gasteiger partial charge in [-0.05, 0) is 19.3 Å². The fourth-order valence-corrected chi connectivity index (χ4v) is 2.60. The third-order valence-electron chi connectivity index (χ3n) is 2.11. The summed E-state index contributed by atoms with van der Waals surface area (Å²) in [6.45, 7) is 11.3. The summed E-state index contributed by atoms with van der Waals surface area (Å²) in [4.78, 5) is 11.4. The van der Waals surface area contributed by atoms with Crippen LogP contribution in [0, 0.1) is 5.92 Å². The zero-order valence-electron chi connectivity index (χ0n) is 10.7. The maximum absolute atomic E-state index is 11.4. The molecule has 3 heteroatoms. The average molecular weight is 231 g/mol. The van der Waals surface area contributed by atoms with Gasteiger partial charge in [-0.25, -0.2) is 0 Å². The van der Waals surface area contributed by atoms with Crippen molar-refractivity contribution in [2.24, 2.45) is 5.92 Å². The van der Waals surface area contributed by atoms with Gasteiger partial charge in [0.25, 0.3) is 0 Å². The molecule has 0 heterocycles. The van der Waals surface area contributed by atoms with Crippen molar-refractivity contribution in [3.05, 3.63) is 0 Å². The minimum absolute atomic E-state index is 0.193. The van der Waals surface area contributed by atoms with Crippen molar-refractivity contribution in [2.45, 2.75) is 52.3 Å². The van der Waals surface area contributed by atoms with Crippen LogP contribution in [-0.2, 0) is 4.79 Å². The summed E-state index contributed by atoms with van der Waals surface area (Å²) in [5.41, 5.74) is 0. The monoisotopic (exact) mass is 231 g/mol. The Balaban J connectivity index is 3.72. The second kappa shape index (κ2) is 8.17. The van der Waals surface area contributed by atoms with Gasteiger partial charge in [-0.2, -0.15) is 0 Å². The molecule has 0 rings (SSSR count). The summed E-state index contributed by atoms with van der Waals surface area (Å²) in [7, 11) is 0. The normalized spacial score (nSPS) is 13.5. The largest absolute Gasteiger partial charge is 0.314 e. The minimum Gasteiger partial charge on any atom is -0.314 e.